The lowest BCUT2D eigenvalue weighted by molar-refractivity contribution is -0.904. The van der Waals surface area contributed by atoms with Gasteiger partial charge in [0.1, 0.15) is 6.54 Å². The molecule has 0 aromatic heterocycles. The summed E-state index contributed by atoms with van der Waals surface area (Å²) in [6, 6.07) is 0. The summed E-state index contributed by atoms with van der Waals surface area (Å²) in [7, 11) is 0. The van der Waals surface area contributed by atoms with E-state index in [4.69, 9.17) is 17.3 Å². The zero-order valence-corrected chi connectivity index (χ0v) is 15.2. The van der Waals surface area contributed by atoms with Gasteiger partial charge in [-0.1, -0.05) is 0 Å². The van der Waals surface area contributed by atoms with Gasteiger partial charge in [0.2, 0.25) is 5.91 Å². The number of amides is 1. The smallest absolute Gasteiger partial charge is 0.232 e. The summed E-state index contributed by atoms with van der Waals surface area (Å²) in [5, 5.41) is 12.8. The Bertz CT molecular complexity index is 481. The lowest BCUT2D eigenvalue weighted by Crippen LogP contribution is -3.15. The fourth-order valence-corrected chi connectivity index (χ4v) is 6.41. The zero-order valence-electron chi connectivity index (χ0n) is 14.4. The largest absolute Gasteiger partial charge is 0.391 e. The molecule has 0 radical (unpaired) electrons. The number of piperazine rings is 1. The molecule has 1 amide bonds. The maximum atomic E-state index is 13.1. The van der Waals surface area contributed by atoms with Crippen LogP contribution in [0.3, 0.4) is 0 Å². The van der Waals surface area contributed by atoms with E-state index in [0.717, 1.165) is 69.7 Å². The molecule has 5 fully saturated rings. The predicted molar refractivity (Wildman–Crippen MR) is 95.6 cm³/mol. The third-order valence-corrected chi connectivity index (χ3v) is 7.32. The summed E-state index contributed by atoms with van der Waals surface area (Å²) in [6.07, 6.45) is 7.32. The standard InChI is InChI=1S/C18H29N3O2S/c22-6-5-20-1-3-21(4-2-20)17(24)19-16(23)18-10-13-7-14(11-18)9-15(8-13)12-18/h13-15,22H,1-12H2,(H,19,23,24)/p+1. The van der Waals surface area contributed by atoms with Gasteiger partial charge in [-0.05, 0) is 68.5 Å². The molecule has 4 saturated carbocycles. The second kappa shape index (κ2) is 6.54. The first-order valence-corrected chi connectivity index (χ1v) is 10.0. The number of hydrogen-bond donors (Lipinski definition) is 3. The number of thiocarbonyl (C=S) groups is 1. The van der Waals surface area contributed by atoms with Gasteiger partial charge < -0.3 is 20.2 Å². The highest BCUT2D eigenvalue weighted by Gasteiger charge is 2.54. The van der Waals surface area contributed by atoms with Crippen LogP contribution in [0.2, 0.25) is 0 Å². The first kappa shape index (κ1) is 16.7. The Morgan fingerprint density at radius 2 is 1.67 bits per heavy atom. The van der Waals surface area contributed by atoms with E-state index in [-0.39, 0.29) is 17.9 Å². The molecule has 0 aromatic carbocycles. The molecule has 0 atom stereocenters. The molecule has 1 heterocycles. The van der Waals surface area contributed by atoms with Crippen LogP contribution in [0.25, 0.3) is 0 Å². The number of quaternary nitrogens is 1. The maximum Gasteiger partial charge on any atom is 0.232 e. The Balaban J connectivity index is 1.34. The minimum atomic E-state index is -0.122. The summed E-state index contributed by atoms with van der Waals surface area (Å²) >= 11 is 5.54. The second-order valence-corrected chi connectivity index (χ2v) is 9.05. The van der Waals surface area contributed by atoms with Crippen LogP contribution in [-0.2, 0) is 4.79 Å². The number of aliphatic hydroxyl groups excluding tert-OH is 1. The van der Waals surface area contributed by atoms with E-state index in [1.165, 1.54) is 24.2 Å². The van der Waals surface area contributed by atoms with E-state index in [9.17, 15) is 4.79 Å². The van der Waals surface area contributed by atoms with Crippen molar-refractivity contribution in [2.75, 3.05) is 39.3 Å². The van der Waals surface area contributed by atoms with Crippen LogP contribution in [-0.4, -0.2) is 60.4 Å². The quantitative estimate of drug-likeness (QED) is 0.616. The molecular formula is C18H30N3O2S+. The highest BCUT2D eigenvalue weighted by molar-refractivity contribution is 7.80. The van der Waals surface area contributed by atoms with Gasteiger partial charge in [0.05, 0.1) is 38.2 Å². The molecule has 4 bridgehead atoms. The van der Waals surface area contributed by atoms with E-state index in [1.54, 1.807) is 0 Å². The van der Waals surface area contributed by atoms with Crippen molar-refractivity contribution < 1.29 is 14.8 Å². The van der Waals surface area contributed by atoms with Crippen LogP contribution in [0.5, 0.6) is 0 Å². The summed E-state index contributed by atoms with van der Waals surface area (Å²) in [5.74, 6) is 2.54. The van der Waals surface area contributed by atoms with Gasteiger partial charge in [0.15, 0.2) is 5.11 Å². The van der Waals surface area contributed by atoms with Gasteiger partial charge in [-0.25, -0.2) is 0 Å². The number of carbonyl (C=O) groups is 1. The van der Waals surface area contributed by atoms with Gasteiger partial charge in [-0.15, -0.1) is 0 Å². The first-order chi connectivity index (χ1) is 11.6. The Morgan fingerprint density at radius 3 is 2.17 bits per heavy atom. The molecule has 0 unspecified atom stereocenters. The van der Waals surface area contributed by atoms with Crippen molar-refractivity contribution in [1.29, 1.82) is 0 Å². The van der Waals surface area contributed by atoms with Gasteiger partial charge in [-0.3, -0.25) is 4.79 Å². The SMILES string of the molecule is O=C(NC(=S)N1CC[NH+](CCO)CC1)C12CC3CC(CC(C3)C1)C2. The van der Waals surface area contributed by atoms with Crippen molar-refractivity contribution in [2.24, 2.45) is 23.2 Å². The molecule has 0 spiro atoms. The molecule has 1 aliphatic heterocycles. The van der Waals surface area contributed by atoms with Crippen LogP contribution in [0, 0.1) is 23.2 Å². The Labute approximate surface area is 149 Å². The predicted octanol–water partition coefficient (Wildman–Crippen LogP) is -0.203. The van der Waals surface area contributed by atoms with E-state index in [2.05, 4.69) is 10.2 Å². The topological polar surface area (TPSA) is 57.0 Å². The summed E-state index contributed by atoms with van der Waals surface area (Å²) in [5.41, 5.74) is -0.122. The molecule has 4 aliphatic carbocycles. The lowest BCUT2D eigenvalue weighted by atomic mass is 9.49. The van der Waals surface area contributed by atoms with Crippen molar-refractivity contribution in [3.63, 3.8) is 0 Å². The number of aliphatic hydroxyl groups is 1. The van der Waals surface area contributed by atoms with Crippen molar-refractivity contribution in [1.82, 2.24) is 10.2 Å². The third-order valence-electron chi connectivity index (χ3n) is 6.96. The molecule has 3 N–H and O–H groups in total. The molecule has 134 valence electrons. The summed E-state index contributed by atoms with van der Waals surface area (Å²) in [4.78, 5) is 16.6. The first-order valence-electron chi connectivity index (χ1n) is 9.63. The van der Waals surface area contributed by atoms with Crippen molar-refractivity contribution >= 4 is 23.2 Å². The minimum Gasteiger partial charge on any atom is -0.391 e. The lowest BCUT2D eigenvalue weighted by Gasteiger charge is -2.55. The molecule has 5 nitrogen and oxygen atoms in total. The molecule has 0 aromatic rings. The van der Waals surface area contributed by atoms with Crippen molar-refractivity contribution in [3.05, 3.63) is 0 Å². The van der Waals surface area contributed by atoms with Crippen LogP contribution < -0.4 is 10.2 Å². The van der Waals surface area contributed by atoms with Crippen molar-refractivity contribution in [3.8, 4) is 0 Å². The van der Waals surface area contributed by atoms with Crippen LogP contribution in [0.15, 0.2) is 0 Å². The van der Waals surface area contributed by atoms with Crippen LogP contribution in [0.1, 0.15) is 38.5 Å². The van der Waals surface area contributed by atoms with Gasteiger partial charge >= 0.3 is 0 Å². The molecular weight excluding hydrogens is 322 g/mol. The molecule has 6 heteroatoms. The molecule has 5 rings (SSSR count). The Morgan fingerprint density at radius 1 is 1.12 bits per heavy atom. The highest BCUT2D eigenvalue weighted by Crippen LogP contribution is 2.60. The average molecular weight is 353 g/mol. The van der Waals surface area contributed by atoms with Crippen molar-refractivity contribution in [2.45, 2.75) is 38.5 Å². The zero-order chi connectivity index (χ0) is 16.7. The summed E-state index contributed by atoms with van der Waals surface area (Å²) < 4.78 is 0. The number of carbonyl (C=O) groups excluding carboxylic acids is 1. The normalized spacial score (nSPS) is 38.4. The Kier molecular flexibility index (Phi) is 4.56. The average Bonchev–Trinajstić information content (AvgIpc) is 2.54. The molecule has 24 heavy (non-hydrogen) atoms. The maximum absolute atomic E-state index is 13.1. The number of nitrogens with zero attached hydrogens (tertiary/aromatic N) is 1. The van der Waals surface area contributed by atoms with Gasteiger partial charge in [0.25, 0.3) is 0 Å². The number of hydrogen-bond acceptors (Lipinski definition) is 3. The van der Waals surface area contributed by atoms with Crippen LogP contribution in [0.4, 0.5) is 0 Å². The number of nitrogens with one attached hydrogen (secondary N) is 2. The molecule has 1 saturated heterocycles. The van der Waals surface area contributed by atoms with Gasteiger partial charge in [0, 0.05) is 0 Å². The molecule has 5 aliphatic rings. The van der Waals surface area contributed by atoms with Crippen LogP contribution >= 0.6 is 12.2 Å². The highest BCUT2D eigenvalue weighted by atomic mass is 32.1. The van der Waals surface area contributed by atoms with E-state index in [0.29, 0.717) is 5.11 Å². The fraction of sp³-hybridized carbons (Fsp3) is 0.889. The second-order valence-electron chi connectivity index (χ2n) is 8.67. The van der Waals surface area contributed by atoms with E-state index in [1.807, 2.05) is 0 Å². The van der Waals surface area contributed by atoms with E-state index < -0.39 is 0 Å². The fourth-order valence-electron chi connectivity index (χ4n) is 6.13. The number of rotatable bonds is 3. The third kappa shape index (κ3) is 3.08. The van der Waals surface area contributed by atoms with E-state index >= 15 is 0 Å². The Hall–Kier alpha value is -0.720. The van der Waals surface area contributed by atoms with Gasteiger partial charge in [-0.2, -0.15) is 0 Å². The minimum absolute atomic E-state index is 0.122. The monoisotopic (exact) mass is 352 g/mol. The summed E-state index contributed by atoms with van der Waals surface area (Å²) in [6.45, 7) is 4.75.